The number of hydrogen-bond donors (Lipinski definition) is 0. The Balaban J connectivity index is 1.82. The molecule has 0 spiro atoms. The number of aromatic nitrogens is 3. The molecule has 28 heavy (non-hydrogen) atoms. The van der Waals surface area contributed by atoms with Gasteiger partial charge in [0.1, 0.15) is 5.69 Å². The standard InChI is InChI=1S/C21H19ClN4OS/c1-3-26-17(11-12-23-26)20(27)25(13-15-7-5-4-6-8-15)21-24-18-14(2)9-10-16(22)19(18)28-21/h4-12H,3,13H2,1-2H3. The quantitative estimate of drug-likeness (QED) is 0.447. The molecule has 2 heterocycles. The summed E-state index contributed by atoms with van der Waals surface area (Å²) in [5.41, 5.74) is 3.44. The lowest BCUT2D eigenvalue weighted by Gasteiger charge is -2.20. The summed E-state index contributed by atoms with van der Waals surface area (Å²) in [7, 11) is 0. The Kier molecular flexibility index (Phi) is 5.15. The number of carbonyl (C=O) groups excluding carboxylic acids is 1. The van der Waals surface area contributed by atoms with Crippen molar-refractivity contribution in [2.45, 2.75) is 26.9 Å². The molecule has 0 fully saturated rings. The van der Waals surface area contributed by atoms with Crippen molar-refractivity contribution in [2.24, 2.45) is 0 Å². The van der Waals surface area contributed by atoms with Gasteiger partial charge in [-0.2, -0.15) is 5.10 Å². The first kappa shape index (κ1) is 18.7. The maximum absolute atomic E-state index is 13.4. The average molecular weight is 411 g/mol. The van der Waals surface area contributed by atoms with Crippen molar-refractivity contribution in [2.75, 3.05) is 4.90 Å². The summed E-state index contributed by atoms with van der Waals surface area (Å²) in [4.78, 5) is 19.9. The first-order valence-corrected chi connectivity index (χ1v) is 10.2. The molecule has 0 aliphatic rings. The van der Waals surface area contributed by atoms with Gasteiger partial charge in [-0.15, -0.1) is 0 Å². The van der Waals surface area contributed by atoms with Crippen LogP contribution in [0.3, 0.4) is 0 Å². The van der Waals surface area contributed by atoms with Crippen LogP contribution in [0.2, 0.25) is 5.02 Å². The molecule has 0 aliphatic carbocycles. The summed E-state index contributed by atoms with van der Waals surface area (Å²) < 4.78 is 2.60. The first-order valence-electron chi connectivity index (χ1n) is 9.01. The van der Waals surface area contributed by atoms with Gasteiger partial charge in [-0.1, -0.05) is 59.3 Å². The summed E-state index contributed by atoms with van der Waals surface area (Å²) in [5.74, 6) is -0.129. The lowest BCUT2D eigenvalue weighted by molar-refractivity contribution is 0.0975. The SMILES string of the molecule is CCn1nccc1C(=O)N(Cc1ccccc1)c1nc2c(C)ccc(Cl)c2s1. The Bertz CT molecular complexity index is 1100. The number of rotatable bonds is 5. The molecule has 0 saturated heterocycles. The fourth-order valence-corrected chi connectivity index (χ4v) is 4.42. The molecule has 0 aliphatic heterocycles. The van der Waals surface area contributed by atoms with Crippen LogP contribution in [0.25, 0.3) is 10.2 Å². The second-order valence-electron chi connectivity index (χ2n) is 6.45. The van der Waals surface area contributed by atoms with E-state index in [9.17, 15) is 4.79 Å². The molecule has 2 aromatic carbocycles. The van der Waals surface area contributed by atoms with Gasteiger partial charge in [-0.3, -0.25) is 14.4 Å². The summed E-state index contributed by atoms with van der Waals surface area (Å²) in [6.07, 6.45) is 1.65. The van der Waals surface area contributed by atoms with Crippen molar-refractivity contribution in [3.05, 3.63) is 76.6 Å². The Morgan fingerprint density at radius 1 is 1.18 bits per heavy atom. The number of nitrogens with zero attached hydrogens (tertiary/aromatic N) is 4. The number of hydrogen-bond acceptors (Lipinski definition) is 4. The highest BCUT2D eigenvalue weighted by Crippen LogP contribution is 2.36. The van der Waals surface area contributed by atoms with Gasteiger partial charge < -0.3 is 0 Å². The average Bonchev–Trinajstić information content (AvgIpc) is 3.37. The maximum Gasteiger partial charge on any atom is 0.278 e. The second kappa shape index (κ2) is 7.73. The highest BCUT2D eigenvalue weighted by molar-refractivity contribution is 7.23. The number of aryl methyl sites for hydroxylation is 2. The summed E-state index contributed by atoms with van der Waals surface area (Å²) >= 11 is 7.82. The van der Waals surface area contributed by atoms with Crippen molar-refractivity contribution >= 4 is 44.2 Å². The molecule has 2 aromatic heterocycles. The molecule has 0 saturated carbocycles. The lowest BCUT2D eigenvalue weighted by Crippen LogP contribution is -2.32. The van der Waals surface area contributed by atoms with Crippen molar-refractivity contribution in [1.82, 2.24) is 14.8 Å². The van der Waals surface area contributed by atoms with E-state index in [1.54, 1.807) is 21.8 Å². The largest absolute Gasteiger partial charge is 0.278 e. The van der Waals surface area contributed by atoms with Crippen LogP contribution in [0.15, 0.2) is 54.7 Å². The van der Waals surface area contributed by atoms with Crippen molar-refractivity contribution in [3.8, 4) is 0 Å². The molecule has 0 bridgehead atoms. The summed E-state index contributed by atoms with van der Waals surface area (Å²) in [6, 6.07) is 15.5. The van der Waals surface area contributed by atoms with E-state index in [0.29, 0.717) is 28.9 Å². The lowest BCUT2D eigenvalue weighted by atomic mass is 10.2. The molecule has 142 valence electrons. The van der Waals surface area contributed by atoms with Gasteiger partial charge in [-0.25, -0.2) is 4.98 Å². The molecule has 0 unspecified atom stereocenters. The van der Waals surface area contributed by atoms with Gasteiger partial charge in [0.2, 0.25) is 0 Å². The molecule has 0 N–H and O–H groups in total. The molecule has 4 aromatic rings. The first-order chi connectivity index (χ1) is 13.6. The van der Waals surface area contributed by atoms with E-state index in [-0.39, 0.29) is 5.91 Å². The molecule has 4 rings (SSSR count). The van der Waals surface area contributed by atoms with Crippen LogP contribution in [0.5, 0.6) is 0 Å². The maximum atomic E-state index is 13.4. The summed E-state index contributed by atoms with van der Waals surface area (Å²) in [6.45, 7) is 5.01. The fraction of sp³-hybridized carbons (Fsp3) is 0.190. The van der Waals surface area contributed by atoms with Crippen LogP contribution in [0, 0.1) is 6.92 Å². The predicted molar refractivity (Wildman–Crippen MR) is 114 cm³/mol. The normalized spacial score (nSPS) is 11.1. The van der Waals surface area contributed by atoms with E-state index in [0.717, 1.165) is 21.3 Å². The zero-order chi connectivity index (χ0) is 19.7. The number of fused-ring (bicyclic) bond motifs is 1. The van der Waals surface area contributed by atoms with Crippen LogP contribution in [0.4, 0.5) is 5.13 Å². The van der Waals surface area contributed by atoms with Gasteiger partial charge in [0, 0.05) is 12.7 Å². The summed E-state index contributed by atoms with van der Waals surface area (Å²) in [5, 5.41) is 5.52. The van der Waals surface area contributed by atoms with Crippen LogP contribution < -0.4 is 4.90 Å². The molecule has 0 radical (unpaired) electrons. The van der Waals surface area contributed by atoms with Crippen LogP contribution in [0.1, 0.15) is 28.5 Å². The number of halogens is 1. The number of thiazole rings is 1. The van der Waals surface area contributed by atoms with Gasteiger partial charge in [-0.05, 0) is 37.1 Å². The highest BCUT2D eigenvalue weighted by atomic mass is 35.5. The monoisotopic (exact) mass is 410 g/mol. The number of anilines is 1. The number of amides is 1. The van der Waals surface area contributed by atoms with Gasteiger partial charge in [0.05, 0.1) is 21.8 Å². The van der Waals surface area contributed by atoms with Crippen LogP contribution >= 0.6 is 22.9 Å². The van der Waals surface area contributed by atoms with Gasteiger partial charge in [0.15, 0.2) is 5.13 Å². The zero-order valence-corrected chi connectivity index (χ0v) is 17.2. The predicted octanol–water partition coefficient (Wildman–Crippen LogP) is 5.32. The van der Waals surface area contributed by atoms with E-state index in [2.05, 4.69) is 5.10 Å². The van der Waals surface area contributed by atoms with E-state index < -0.39 is 0 Å². The smallest absolute Gasteiger partial charge is 0.278 e. The molecule has 5 nitrogen and oxygen atoms in total. The minimum atomic E-state index is -0.129. The number of benzene rings is 2. The van der Waals surface area contributed by atoms with Gasteiger partial charge >= 0.3 is 0 Å². The third-order valence-corrected chi connectivity index (χ3v) is 6.12. The van der Waals surface area contributed by atoms with Crippen molar-refractivity contribution in [3.63, 3.8) is 0 Å². The Hall–Kier alpha value is -2.70. The fourth-order valence-electron chi connectivity index (χ4n) is 3.10. The van der Waals surface area contributed by atoms with E-state index in [4.69, 9.17) is 16.6 Å². The van der Waals surface area contributed by atoms with E-state index >= 15 is 0 Å². The molecule has 1 amide bonds. The van der Waals surface area contributed by atoms with Crippen molar-refractivity contribution < 1.29 is 4.79 Å². The third-order valence-electron chi connectivity index (χ3n) is 4.58. The van der Waals surface area contributed by atoms with Crippen molar-refractivity contribution in [1.29, 1.82) is 0 Å². The number of carbonyl (C=O) groups is 1. The van der Waals surface area contributed by atoms with Crippen LogP contribution in [-0.4, -0.2) is 20.7 Å². The topological polar surface area (TPSA) is 51.0 Å². The van der Waals surface area contributed by atoms with Crippen LogP contribution in [-0.2, 0) is 13.1 Å². The minimum Gasteiger partial charge on any atom is -0.278 e. The molecular weight excluding hydrogens is 392 g/mol. The van der Waals surface area contributed by atoms with E-state index in [1.165, 1.54) is 11.3 Å². The Morgan fingerprint density at radius 2 is 1.96 bits per heavy atom. The minimum absolute atomic E-state index is 0.129. The molecule has 0 atom stereocenters. The Labute approximate surface area is 172 Å². The molecular formula is C21H19ClN4OS. The third kappa shape index (κ3) is 3.41. The second-order valence-corrected chi connectivity index (χ2v) is 7.83. The Morgan fingerprint density at radius 3 is 2.68 bits per heavy atom. The van der Waals surface area contributed by atoms with Gasteiger partial charge in [0.25, 0.3) is 5.91 Å². The molecule has 7 heteroatoms. The highest BCUT2D eigenvalue weighted by Gasteiger charge is 2.25. The zero-order valence-electron chi connectivity index (χ0n) is 15.6. The van der Waals surface area contributed by atoms with E-state index in [1.807, 2.05) is 56.3 Å².